The summed E-state index contributed by atoms with van der Waals surface area (Å²) in [5, 5.41) is 13.0. The highest BCUT2D eigenvalue weighted by Gasteiger charge is 2.13. The number of hydrogen-bond acceptors (Lipinski definition) is 6. The van der Waals surface area contributed by atoms with Crippen molar-refractivity contribution in [2.24, 2.45) is 5.10 Å². The largest absolute Gasteiger partial charge is 0.494 e. The van der Waals surface area contributed by atoms with E-state index in [0.29, 0.717) is 11.1 Å². The van der Waals surface area contributed by atoms with Crippen LogP contribution in [0.3, 0.4) is 0 Å². The zero-order valence-electron chi connectivity index (χ0n) is 14.5. The van der Waals surface area contributed by atoms with Crippen molar-refractivity contribution in [3.8, 4) is 23.1 Å². The summed E-state index contributed by atoms with van der Waals surface area (Å²) in [6, 6.07) is 13.6. The highest BCUT2D eigenvalue weighted by molar-refractivity contribution is 6.33. The van der Waals surface area contributed by atoms with E-state index in [1.807, 2.05) is 12.1 Å². The second-order valence-corrected chi connectivity index (χ2v) is 5.85. The van der Waals surface area contributed by atoms with Crippen molar-refractivity contribution < 1.29 is 9.13 Å². The van der Waals surface area contributed by atoms with Crippen LogP contribution in [0.1, 0.15) is 11.1 Å². The Morgan fingerprint density at radius 3 is 2.75 bits per heavy atom. The Kier molecular flexibility index (Phi) is 5.67. The second-order valence-electron chi connectivity index (χ2n) is 5.47. The molecule has 0 atom stereocenters. The molecule has 0 aliphatic carbocycles. The van der Waals surface area contributed by atoms with E-state index in [9.17, 15) is 14.4 Å². The predicted molar refractivity (Wildman–Crippen MR) is 104 cm³/mol. The van der Waals surface area contributed by atoms with Gasteiger partial charge < -0.3 is 4.74 Å². The van der Waals surface area contributed by atoms with Gasteiger partial charge in [-0.05, 0) is 12.1 Å². The van der Waals surface area contributed by atoms with Crippen molar-refractivity contribution in [1.82, 2.24) is 9.97 Å². The number of aromatic nitrogens is 2. The van der Waals surface area contributed by atoms with Crippen LogP contribution < -0.4 is 15.7 Å². The van der Waals surface area contributed by atoms with Gasteiger partial charge in [-0.25, -0.2) is 14.8 Å². The molecule has 2 aromatic carbocycles. The molecular formula is C19H13ClFN5O2. The van der Waals surface area contributed by atoms with Gasteiger partial charge in [0.15, 0.2) is 11.6 Å². The van der Waals surface area contributed by atoms with Gasteiger partial charge in [-0.2, -0.15) is 10.4 Å². The van der Waals surface area contributed by atoms with Crippen LogP contribution in [0.2, 0.25) is 5.02 Å². The van der Waals surface area contributed by atoms with Crippen molar-refractivity contribution in [3.05, 3.63) is 74.8 Å². The third kappa shape index (κ3) is 3.84. The average molecular weight is 398 g/mol. The molecule has 3 aromatic rings. The summed E-state index contributed by atoms with van der Waals surface area (Å²) in [4.78, 5) is 18.8. The van der Waals surface area contributed by atoms with Gasteiger partial charge in [-0.3, -0.25) is 9.78 Å². The quantitative estimate of drug-likeness (QED) is 0.506. The van der Waals surface area contributed by atoms with Gasteiger partial charge in [0.05, 0.1) is 24.0 Å². The molecule has 0 amide bonds. The van der Waals surface area contributed by atoms with Gasteiger partial charge in [0.2, 0.25) is 5.95 Å². The van der Waals surface area contributed by atoms with E-state index >= 15 is 0 Å². The van der Waals surface area contributed by atoms with Gasteiger partial charge in [0, 0.05) is 11.1 Å². The van der Waals surface area contributed by atoms with E-state index in [4.69, 9.17) is 16.3 Å². The number of benzene rings is 2. The third-order valence-corrected chi connectivity index (χ3v) is 4.13. The maximum absolute atomic E-state index is 14.0. The number of methoxy groups -OCH3 is 1. The number of nitriles is 1. The Hall–Kier alpha value is -3.70. The fourth-order valence-corrected chi connectivity index (χ4v) is 2.61. The van der Waals surface area contributed by atoms with Gasteiger partial charge in [-0.1, -0.05) is 41.9 Å². The van der Waals surface area contributed by atoms with Crippen LogP contribution >= 0.6 is 11.6 Å². The number of hydrogen-bond donors (Lipinski definition) is 2. The van der Waals surface area contributed by atoms with E-state index in [-0.39, 0.29) is 28.0 Å². The van der Waals surface area contributed by atoms with Crippen molar-refractivity contribution in [3.63, 3.8) is 0 Å². The summed E-state index contributed by atoms with van der Waals surface area (Å²) < 4.78 is 18.8. The number of aromatic amines is 1. The molecule has 28 heavy (non-hydrogen) atoms. The fourth-order valence-electron chi connectivity index (χ4n) is 2.40. The average Bonchev–Trinajstić information content (AvgIpc) is 2.71. The normalized spacial score (nSPS) is 10.6. The third-order valence-electron chi connectivity index (χ3n) is 3.75. The second kappa shape index (κ2) is 8.33. The molecule has 0 aliphatic heterocycles. The molecule has 1 heterocycles. The van der Waals surface area contributed by atoms with Crippen LogP contribution in [-0.2, 0) is 0 Å². The lowest BCUT2D eigenvalue weighted by molar-refractivity contribution is 0.386. The molecule has 1 aromatic heterocycles. The molecule has 0 spiro atoms. The SMILES string of the molecule is COc1ccc(C=NNc2nc(-c3ccccc3)c(C#N)c(=O)[nH]2)c(Cl)c1F. The van der Waals surface area contributed by atoms with Gasteiger partial charge in [-0.15, -0.1) is 0 Å². The van der Waals surface area contributed by atoms with E-state index < -0.39 is 11.4 Å². The Morgan fingerprint density at radius 1 is 1.32 bits per heavy atom. The van der Waals surface area contributed by atoms with E-state index in [0.717, 1.165) is 0 Å². The molecule has 0 unspecified atom stereocenters. The molecule has 0 aliphatic rings. The summed E-state index contributed by atoms with van der Waals surface area (Å²) in [5.74, 6) is -0.672. The molecule has 9 heteroatoms. The number of ether oxygens (including phenoxy) is 1. The van der Waals surface area contributed by atoms with Gasteiger partial charge >= 0.3 is 0 Å². The number of anilines is 1. The first kappa shape index (κ1) is 19.1. The Labute approximate surface area is 164 Å². The highest BCUT2D eigenvalue weighted by Crippen LogP contribution is 2.27. The maximum Gasteiger partial charge on any atom is 0.270 e. The molecule has 2 N–H and O–H groups in total. The number of nitrogens with one attached hydrogen (secondary N) is 2. The van der Waals surface area contributed by atoms with E-state index in [1.165, 1.54) is 25.5 Å². The van der Waals surface area contributed by atoms with Crippen LogP contribution in [0, 0.1) is 17.1 Å². The number of halogens is 2. The maximum atomic E-state index is 14.0. The van der Waals surface area contributed by atoms with E-state index in [1.54, 1.807) is 24.3 Å². The monoisotopic (exact) mass is 397 g/mol. The molecule has 0 saturated carbocycles. The summed E-state index contributed by atoms with van der Waals surface area (Å²) in [6.07, 6.45) is 1.27. The van der Waals surface area contributed by atoms with Gasteiger partial charge in [0.25, 0.3) is 5.56 Å². The van der Waals surface area contributed by atoms with Crippen LogP contribution in [0.25, 0.3) is 11.3 Å². The summed E-state index contributed by atoms with van der Waals surface area (Å²) in [5.41, 5.74) is 2.96. The van der Waals surface area contributed by atoms with Crippen molar-refractivity contribution in [2.45, 2.75) is 0 Å². The minimum absolute atomic E-state index is 0.0145. The molecular weight excluding hydrogens is 385 g/mol. The molecule has 0 bridgehead atoms. The summed E-state index contributed by atoms with van der Waals surface area (Å²) >= 11 is 5.95. The van der Waals surface area contributed by atoms with Crippen LogP contribution in [0.5, 0.6) is 5.75 Å². The van der Waals surface area contributed by atoms with Gasteiger partial charge in [0.1, 0.15) is 11.6 Å². The molecule has 3 rings (SSSR count). The Morgan fingerprint density at radius 2 is 2.07 bits per heavy atom. The lowest BCUT2D eigenvalue weighted by atomic mass is 10.1. The number of H-pyrrole nitrogens is 1. The fraction of sp³-hybridized carbons (Fsp3) is 0.0526. The summed E-state index contributed by atoms with van der Waals surface area (Å²) in [7, 11) is 1.33. The zero-order valence-corrected chi connectivity index (χ0v) is 15.3. The zero-order chi connectivity index (χ0) is 20.1. The molecule has 0 radical (unpaired) electrons. The van der Waals surface area contributed by atoms with Crippen LogP contribution in [-0.4, -0.2) is 23.3 Å². The molecule has 0 saturated heterocycles. The number of hydrazone groups is 1. The van der Waals surface area contributed by atoms with Crippen molar-refractivity contribution in [2.75, 3.05) is 12.5 Å². The lowest BCUT2D eigenvalue weighted by Gasteiger charge is -2.07. The van der Waals surface area contributed by atoms with Crippen molar-refractivity contribution >= 4 is 23.8 Å². The highest BCUT2D eigenvalue weighted by atomic mass is 35.5. The van der Waals surface area contributed by atoms with E-state index in [2.05, 4.69) is 20.5 Å². The lowest BCUT2D eigenvalue weighted by Crippen LogP contribution is -2.16. The minimum atomic E-state index is -0.704. The molecule has 0 fully saturated rings. The van der Waals surface area contributed by atoms with Crippen molar-refractivity contribution in [1.29, 1.82) is 5.26 Å². The molecule has 7 nitrogen and oxygen atoms in total. The first-order chi connectivity index (χ1) is 13.5. The summed E-state index contributed by atoms with van der Waals surface area (Å²) in [6.45, 7) is 0. The molecule has 140 valence electrons. The Bertz CT molecular complexity index is 1140. The van der Waals surface area contributed by atoms with Crippen LogP contribution in [0.4, 0.5) is 10.3 Å². The minimum Gasteiger partial charge on any atom is -0.494 e. The number of rotatable bonds is 5. The first-order valence-corrected chi connectivity index (χ1v) is 8.34. The first-order valence-electron chi connectivity index (χ1n) is 7.96. The smallest absolute Gasteiger partial charge is 0.270 e. The number of nitrogens with zero attached hydrogens (tertiary/aromatic N) is 3. The standard InChI is InChI=1S/C19H13ClFN5O2/c1-28-14-8-7-12(15(20)16(14)21)10-23-26-19-24-17(11-5-3-2-4-6-11)13(9-22)18(27)25-19/h2-8,10H,1H3,(H2,24,25,26,27). The predicted octanol–water partition coefficient (Wildman–Crippen LogP) is 3.56. The van der Waals surface area contributed by atoms with Crippen LogP contribution in [0.15, 0.2) is 52.4 Å². The Balaban J connectivity index is 1.91. The topological polar surface area (TPSA) is 103 Å².